The number of anilines is 1. The molecule has 27 heavy (non-hydrogen) atoms. The molecule has 3 aromatic rings. The number of fused-ring (bicyclic) bond motifs is 1. The number of aryl methyl sites for hydroxylation is 1. The molecule has 0 bridgehead atoms. The van der Waals surface area contributed by atoms with E-state index in [1.807, 2.05) is 20.8 Å². The smallest absolute Gasteiger partial charge is 0.256 e. The standard InChI is InChI=1S/C19H21ClN4O3/c1-10(2)24-18-13(9-21-24)12(6-11(3)22-18)19(25)23-15-8-16(26-4)14(20)7-17(15)27-5/h6-10H,1-5H3,(H,23,25). The molecule has 3 rings (SSSR count). The van der Waals surface area contributed by atoms with Crippen molar-refractivity contribution >= 4 is 34.2 Å². The van der Waals surface area contributed by atoms with Crippen molar-refractivity contribution in [1.29, 1.82) is 0 Å². The van der Waals surface area contributed by atoms with E-state index in [2.05, 4.69) is 15.4 Å². The Hall–Kier alpha value is -2.80. The maximum Gasteiger partial charge on any atom is 0.256 e. The Morgan fingerprint density at radius 3 is 2.52 bits per heavy atom. The lowest BCUT2D eigenvalue weighted by molar-refractivity contribution is 0.102. The van der Waals surface area contributed by atoms with E-state index >= 15 is 0 Å². The number of halogens is 1. The summed E-state index contributed by atoms with van der Waals surface area (Å²) in [5, 5.41) is 8.32. The third kappa shape index (κ3) is 3.55. The lowest BCUT2D eigenvalue weighted by Gasteiger charge is -2.14. The maximum atomic E-state index is 13.0. The van der Waals surface area contributed by atoms with E-state index in [1.54, 1.807) is 29.1 Å². The molecule has 1 amide bonds. The second kappa shape index (κ2) is 7.44. The van der Waals surface area contributed by atoms with Crippen LogP contribution in [0, 0.1) is 6.92 Å². The van der Waals surface area contributed by atoms with E-state index in [0.717, 1.165) is 5.69 Å². The topological polar surface area (TPSA) is 78.3 Å². The highest BCUT2D eigenvalue weighted by atomic mass is 35.5. The molecule has 1 aromatic carbocycles. The van der Waals surface area contributed by atoms with Gasteiger partial charge in [-0.25, -0.2) is 9.67 Å². The summed E-state index contributed by atoms with van der Waals surface area (Å²) in [7, 11) is 3.02. The summed E-state index contributed by atoms with van der Waals surface area (Å²) in [6.07, 6.45) is 1.66. The molecular weight excluding hydrogens is 368 g/mol. The number of carbonyl (C=O) groups is 1. The number of hydrogen-bond donors (Lipinski definition) is 1. The molecule has 7 nitrogen and oxygen atoms in total. The Balaban J connectivity index is 2.05. The summed E-state index contributed by atoms with van der Waals surface area (Å²) in [5.74, 6) is 0.585. The number of nitrogens with zero attached hydrogens (tertiary/aromatic N) is 3. The Morgan fingerprint density at radius 2 is 1.89 bits per heavy atom. The van der Waals surface area contributed by atoms with Gasteiger partial charge in [0.25, 0.3) is 5.91 Å². The summed E-state index contributed by atoms with van der Waals surface area (Å²) in [4.78, 5) is 17.5. The highest BCUT2D eigenvalue weighted by molar-refractivity contribution is 6.32. The summed E-state index contributed by atoms with van der Waals surface area (Å²) >= 11 is 6.13. The number of carbonyl (C=O) groups excluding carboxylic acids is 1. The minimum Gasteiger partial charge on any atom is -0.495 e. The monoisotopic (exact) mass is 388 g/mol. The molecule has 0 aliphatic heterocycles. The van der Waals surface area contributed by atoms with Gasteiger partial charge in [-0.05, 0) is 26.8 Å². The fraction of sp³-hybridized carbons (Fsp3) is 0.316. The molecule has 2 heterocycles. The quantitative estimate of drug-likeness (QED) is 0.707. The summed E-state index contributed by atoms with van der Waals surface area (Å²) in [5.41, 5.74) is 2.36. The van der Waals surface area contributed by atoms with Crippen LogP contribution < -0.4 is 14.8 Å². The van der Waals surface area contributed by atoms with E-state index < -0.39 is 0 Å². The molecule has 1 N–H and O–H groups in total. The maximum absolute atomic E-state index is 13.0. The Labute approximate surface area is 162 Å². The van der Waals surface area contributed by atoms with Crippen LogP contribution in [-0.2, 0) is 0 Å². The van der Waals surface area contributed by atoms with Crippen LogP contribution in [0.3, 0.4) is 0 Å². The first-order chi connectivity index (χ1) is 12.8. The van der Waals surface area contributed by atoms with Gasteiger partial charge in [0.2, 0.25) is 0 Å². The molecule has 0 radical (unpaired) electrons. The van der Waals surface area contributed by atoms with Crippen LogP contribution in [0.1, 0.15) is 35.9 Å². The molecule has 8 heteroatoms. The number of pyridine rings is 1. The number of amides is 1. The van der Waals surface area contributed by atoms with Crippen molar-refractivity contribution < 1.29 is 14.3 Å². The zero-order valence-corrected chi connectivity index (χ0v) is 16.6. The second-order valence-corrected chi connectivity index (χ2v) is 6.78. The minimum atomic E-state index is -0.295. The number of benzene rings is 1. The normalized spacial score (nSPS) is 11.1. The van der Waals surface area contributed by atoms with Gasteiger partial charge in [0.15, 0.2) is 5.65 Å². The molecule has 0 spiro atoms. The summed E-state index contributed by atoms with van der Waals surface area (Å²) < 4.78 is 12.4. The van der Waals surface area contributed by atoms with Gasteiger partial charge in [0, 0.05) is 23.9 Å². The van der Waals surface area contributed by atoms with E-state index in [9.17, 15) is 4.79 Å². The molecule has 0 saturated carbocycles. The predicted octanol–water partition coefficient (Wildman–Crippen LogP) is 4.24. The van der Waals surface area contributed by atoms with E-state index in [0.29, 0.717) is 38.8 Å². The zero-order valence-electron chi connectivity index (χ0n) is 15.8. The molecule has 2 aromatic heterocycles. The van der Waals surface area contributed by atoms with Crippen molar-refractivity contribution in [2.24, 2.45) is 0 Å². The van der Waals surface area contributed by atoms with E-state index in [4.69, 9.17) is 21.1 Å². The number of rotatable bonds is 5. The van der Waals surface area contributed by atoms with Crippen LogP contribution >= 0.6 is 11.6 Å². The van der Waals surface area contributed by atoms with Crippen molar-refractivity contribution in [3.05, 3.63) is 40.7 Å². The first kappa shape index (κ1) is 19.0. The largest absolute Gasteiger partial charge is 0.495 e. The number of hydrogen-bond acceptors (Lipinski definition) is 5. The average molecular weight is 389 g/mol. The number of methoxy groups -OCH3 is 2. The SMILES string of the molecule is COc1cc(NC(=O)c2cc(C)nc3c2cnn3C(C)C)c(OC)cc1Cl. The van der Waals surface area contributed by atoms with Gasteiger partial charge in [-0.3, -0.25) is 4.79 Å². The van der Waals surface area contributed by atoms with Gasteiger partial charge in [-0.1, -0.05) is 11.6 Å². The average Bonchev–Trinajstić information content (AvgIpc) is 3.05. The Morgan fingerprint density at radius 1 is 1.19 bits per heavy atom. The fourth-order valence-corrected chi connectivity index (χ4v) is 3.09. The highest BCUT2D eigenvalue weighted by Gasteiger charge is 2.19. The lowest BCUT2D eigenvalue weighted by Crippen LogP contribution is -2.14. The van der Waals surface area contributed by atoms with Crippen molar-refractivity contribution in [3.8, 4) is 11.5 Å². The van der Waals surface area contributed by atoms with Gasteiger partial charge >= 0.3 is 0 Å². The van der Waals surface area contributed by atoms with E-state index in [1.165, 1.54) is 14.2 Å². The summed E-state index contributed by atoms with van der Waals surface area (Å²) in [6, 6.07) is 5.10. The molecule has 0 atom stereocenters. The number of nitrogens with one attached hydrogen (secondary N) is 1. The van der Waals surface area contributed by atoms with Crippen LogP contribution in [-0.4, -0.2) is 34.9 Å². The first-order valence-electron chi connectivity index (χ1n) is 8.43. The minimum absolute atomic E-state index is 0.133. The lowest BCUT2D eigenvalue weighted by atomic mass is 10.1. The fourth-order valence-electron chi connectivity index (χ4n) is 2.86. The van der Waals surface area contributed by atoms with Crippen LogP contribution in [0.5, 0.6) is 11.5 Å². The Bertz CT molecular complexity index is 1010. The van der Waals surface area contributed by atoms with Crippen LogP contribution in [0.2, 0.25) is 5.02 Å². The third-order valence-corrected chi connectivity index (χ3v) is 4.45. The van der Waals surface area contributed by atoms with Crippen molar-refractivity contribution in [3.63, 3.8) is 0 Å². The zero-order chi connectivity index (χ0) is 19.7. The van der Waals surface area contributed by atoms with Crippen LogP contribution in [0.4, 0.5) is 5.69 Å². The molecule has 142 valence electrons. The third-order valence-electron chi connectivity index (χ3n) is 4.15. The molecule has 0 fully saturated rings. The Kier molecular flexibility index (Phi) is 5.23. The predicted molar refractivity (Wildman–Crippen MR) is 105 cm³/mol. The van der Waals surface area contributed by atoms with Crippen LogP contribution in [0.25, 0.3) is 11.0 Å². The van der Waals surface area contributed by atoms with Gasteiger partial charge < -0.3 is 14.8 Å². The molecular formula is C19H21ClN4O3. The van der Waals surface area contributed by atoms with Crippen molar-refractivity contribution in [1.82, 2.24) is 14.8 Å². The molecule has 0 aliphatic rings. The van der Waals surface area contributed by atoms with Crippen molar-refractivity contribution in [2.75, 3.05) is 19.5 Å². The number of ether oxygens (including phenoxy) is 2. The van der Waals surface area contributed by atoms with E-state index in [-0.39, 0.29) is 11.9 Å². The summed E-state index contributed by atoms with van der Waals surface area (Å²) in [6.45, 7) is 5.88. The van der Waals surface area contributed by atoms with Gasteiger partial charge in [0.1, 0.15) is 11.5 Å². The molecule has 0 unspecified atom stereocenters. The van der Waals surface area contributed by atoms with Crippen molar-refractivity contribution in [2.45, 2.75) is 26.8 Å². The second-order valence-electron chi connectivity index (χ2n) is 6.37. The highest BCUT2D eigenvalue weighted by Crippen LogP contribution is 2.36. The van der Waals surface area contributed by atoms with Gasteiger partial charge in [-0.15, -0.1) is 0 Å². The molecule has 0 aliphatic carbocycles. The molecule has 0 saturated heterocycles. The first-order valence-corrected chi connectivity index (χ1v) is 8.81. The van der Waals surface area contributed by atoms with Crippen LogP contribution in [0.15, 0.2) is 24.4 Å². The number of aromatic nitrogens is 3. The van der Waals surface area contributed by atoms with Gasteiger partial charge in [0.05, 0.1) is 42.1 Å². The van der Waals surface area contributed by atoms with Gasteiger partial charge in [-0.2, -0.15) is 5.10 Å².